The highest BCUT2D eigenvalue weighted by Crippen LogP contribution is 2.11. The van der Waals surface area contributed by atoms with Crippen molar-refractivity contribution in [2.75, 3.05) is 0 Å². The van der Waals surface area contributed by atoms with Crippen LogP contribution in [0.25, 0.3) is 6.08 Å². The Morgan fingerprint density at radius 3 is 2.77 bits per heavy atom. The van der Waals surface area contributed by atoms with E-state index in [2.05, 4.69) is 0 Å². The molecule has 1 rings (SSSR count). The van der Waals surface area contributed by atoms with Crippen LogP contribution in [-0.2, 0) is 4.79 Å². The Hall–Kier alpha value is -1.15. The molecule has 0 bridgehead atoms. The molecule has 13 heavy (non-hydrogen) atoms. The summed E-state index contributed by atoms with van der Waals surface area (Å²) < 4.78 is 13.1. The zero-order valence-electron chi connectivity index (χ0n) is 7.05. The highest BCUT2D eigenvalue weighted by molar-refractivity contribution is 6.66. The van der Waals surface area contributed by atoms with Crippen molar-refractivity contribution in [2.45, 2.75) is 6.92 Å². The molecule has 0 amide bonds. The molecule has 1 nitrogen and oxygen atoms in total. The van der Waals surface area contributed by atoms with E-state index in [0.717, 1.165) is 11.6 Å². The average molecular weight is 199 g/mol. The molecule has 0 saturated heterocycles. The van der Waals surface area contributed by atoms with E-state index in [1.165, 1.54) is 12.1 Å². The summed E-state index contributed by atoms with van der Waals surface area (Å²) in [7, 11) is 0. The second-order valence-electron chi connectivity index (χ2n) is 2.66. The fraction of sp³-hybridized carbons (Fsp3) is 0.100. The number of hydrogen-bond donors (Lipinski definition) is 0. The lowest BCUT2D eigenvalue weighted by Crippen LogP contribution is -1.84. The molecule has 0 radical (unpaired) electrons. The van der Waals surface area contributed by atoms with Crippen LogP contribution < -0.4 is 0 Å². The molecule has 0 aliphatic rings. The van der Waals surface area contributed by atoms with E-state index in [0.29, 0.717) is 5.56 Å². The summed E-state index contributed by atoms with van der Waals surface area (Å²) in [6.07, 6.45) is 2.47. The Morgan fingerprint density at radius 2 is 2.23 bits per heavy atom. The lowest BCUT2D eigenvalue weighted by atomic mass is 10.1. The predicted octanol–water partition coefficient (Wildman–Crippen LogP) is 2.91. The highest BCUT2D eigenvalue weighted by atomic mass is 35.5. The second-order valence-corrected chi connectivity index (χ2v) is 3.03. The van der Waals surface area contributed by atoms with Gasteiger partial charge in [0, 0.05) is 5.56 Å². The van der Waals surface area contributed by atoms with Crippen molar-refractivity contribution in [1.82, 2.24) is 0 Å². The van der Waals surface area contributed by atoms with Crippen molar-refractivity contribution < 1.29 is 9.18 Å². The molecule has 1 aromatic carbocycles. The fourth-order valence-corrected chi connectivity index (χ4v) is 0.986. The van der Waals surface area contributed by atoms with Crippen LogP contribution in [0.5, 0.6) is 0 Å². The van der Waals surface area contributed by atoms with Gasteiger partial charge in [-0.05, 0) is 42.3 Å². The monoisotopic (exact) mass is 198 g/mol. The molecular formula is C10H8ClFO. The van der Waals surface area contributed by atoms with Gasteiger partial charge in [-0.15, -0.1) is 0 Å². The summed E-state index contributed by atoms with van der Waals surface area (Å²) >= 11 is 5.06. The van der Waals surface area contributed by atoms with Gasteiger partial charge in [0.25, 0.3) is 0 Å². The van der Waals surface area contributed by atoms with E-state index >= 15 is 0 Å². The largest absolute Gasteiger partial charge is 0.276 e. The smallest absolute Gasteiger partial charge is 0.245 e. The number of rotatable bonds is 2. The maximum absolute atomic E-state index is 13.1. The molecule has 0 N–H and O–H groups in total. The number of carbonyl (C=O) groups excluding carboxylic acids is 1. The van der Waals surface area contributed by atoms with Gasteiger partial charge in [-0.2, -0.15) is 0 Å². The van der Waals surface area contributed by atoms with Crippen molar-refractivity contribution in [3.05, 3.63) is 41.2 Å². The van der Waals surface area contributed by atoms with E-state index in [-0.39, 0.29) is 5.82 Å². The van der Waals surface area contributed by atoms with Crippen LogP contribution >= 0.6 is 11.6 Å². The van der Waals surface area contributed by atoms with Crippen LogP contribution in [0.2, 0.25) is 0 Å². The Morgan fingerprint density at radius 1 is 1.54 bits per heavy atom. The molecule has 68 valence electrons. The highest BCUT2D eigenvalue weighted by Gasteiger charge is 1.98. The fourth-order valence-electron chi connectivity index (χ4n) is 0.923. The van der Waals surface area contributed by atoms with Crippen molar-refractivity contribution in [1.29, 1.82) is 0 Å². The van der Waals surface area contributed by atoms with Gasteiger partial charge in [-0.25, -0.2) is 4.39 Å². The van der Waals surface area contributed by atoms with Gasteiger partial charge < -0.3 is 0 Å². The normalized spacial score (nSPS) is 10.7. The maximum Gasteiger partial charge on any atom is 0.245 e. The molecule has 0 fully saturated rings. The SMILES string of the molecule is Cc1ccc(/C=C/C(=O)Cl)c(F)c1. The van der Waals surface area contributed by atoms with Gasteiger partial charge >= 0.3 is 0 Å². The Balaban J connectivity index is 2.96. The average Bonchev–Trinajstić information content (AvgIpc) is 2.02. The lowest BCUT2D eigenvalue weighted by molar-refractivity contribution is -0.107. The van der Waals surface area contributed by atoms with Crippen LogP contribution in [0.1, 0.15) is 11.1 Å². The van der Waals surface area contributed by atoms with Gasteiger partial charge in [-0.1, -0.05) is 12.1 Å². The number of hydrogen-bond acceptors (Lipinski definition) is 1. The minimum atomic E-state index is -0.611. The van der Waals surface area contributed by atoms with Crippen molar-refractivity contribution in [2.24, 2.45) is 0 Å². The summed E-state index contributed by atoms with van der Waals surface area (Å²) in [5.74, 6) is -0.353. The molecule has 3 heteroatoms. The van der Waals surface area contributed by atoms with E-state index < -0.39 is 5.24 Å². The Bertz CT molecular complexity index is 358. The molecule has 0 atom stereocenters. The zero-order valence-corrected chi connectivity index (χ0v) is 7.81. The third-order valence-electron chi connectivity index (χ3n) is 1.55. The molecule has 0 saturated carbocycles. The first-order valence-corrected chi connectivity index (χ1v) is 4.11. The third-order valence-corrected chi connectivity index (χ3v) is 1.68. The summed E-state index contributed by atoms with van der Waals surface area (Å²) in [5, 5.41) is -0.611. The molecule has 0 aliphatic heterocycles. The van der Waals surface area contributed by atoms with Gasteiger partial charge in [-0.3, -0.25) is 4.79 Å². The molecule has 0 aliphatic carbocycles. The maximum atomic E-state index is 13.1. The van der Waals surface area contributed by atoms with Crippen molar-refractivity contribution in [3.63, 3.8) is 0 Å². The van der Waals surface area contributed by atoms with E-state index in [1.807, 2.05) is 0 Å². The Labute approximate surface area is 80.8 Å². The molecule has 0 spiro atoms. The number of carbonyl (C=O) groups is 1. The van der Waals surface area contributed by atoms with Crippen LogP contribution in [0.15, 0.2) is 24.3 Å². The minimum Gasteiger partial charge on any atom is -0.276 e. The van der Waals surface area contributed by atoms with Crippen LogP contribution in [-0.4, -0.2) is 5.24 Å². The molecule has 0 aromatic heterocycles. The van der Waals surface area contributed by atoms with Gasteiger partial charge in [0.1, 0.15) is 5.82 Å². The summed E-state index contributed by atoms with van der Waals surface area (Å²) in [4.78, 5) is 10.4. The topological polar surface area (TPSA) is 17.1 Å². The number of benzene rings is 1. The van der Waals surface area contributed by atoms with E-state index in [4.69, 9.17) is 11.6 Å². The first kappa shape index (κ1) is 9.93. The quantitative estimate of drug-likeness (QED) is 0.528. The summed E-state index contributed by atoms with van der Waals surface area (Å²) in [6.45, 7) is 1.79. The lowest BCUT2D eigenvalue weighted by Gasteiger charge is -1.97. The Kier molecular flexibility index (Phi) is 3.20. The first-order chi connectivity index (χ1) is 6.09. The molecule has 0 heterocycles. The molecule has 0 unspecified atom stereocenters. The van der Waals surface area contributed by atoms with E-state index in [1.54, 1.807) is 19.1 Å². The van der Waals surface area contributed by atoms with Crippen molar-refractivity contribution >= 4 is 22.9 Å². The minimum absolute atomic E-state index is 0.353. The summed E-state index contributed by atoms with van der Waals surface area (Å²) in [6, 6.07) is 4.76. The van der Waals surface area contributed by atoms with Crippen LogP contribution in [0, 0.1) is 12.7 Å². The van der Waals surface area contributed by atoms with E-state index in [9.17, 15) is 9.18 Å². The predicted molar refractivity (Wildman–Crippen MR) is 51.0 cm³/mol. The van der Waals surface area contributed by atoms with Crippen molar-refractivity contribution in [3.8, 4) is 0 Å². The summed E-state index contributed by atoms with van der Waals surface area (Å²) in [5.41, 5.74) is 1.20. The standard InChI is InChI=1S/C10H8ClFO/c1-7-2-3-8(9(12)6-7)4-5-10(11)13/h2-6H,1H3/b5-4+. The zero-order chi connectivity index (χ0) is 9.84. The second kappa shape index (κ2) is 4.19. The van der Waals surface area contributed by atoms with Gasteiger partial charge in [0.05, 0.1) is 0 Å². The van der Waals surface area contributed by atoms with Crippen LogP contribution in [0.3, 0.4) is 0 Å². The number of aryl methyl sites for hydroxylation is 1. The van der Waals surface area contributed by atoms with Crippen LogP contribution in [0.4, 0.5) is 4.39 Å². The number of allylic oxidation sites excluding steroid dienone is 1. The molecular weight excluding hydrogens is 191 g/mol. The van der Waals surface area contributed by atoms with Gasteiger partial charge in [0.2, 0.25) is 5.24 Å². The van der Waals surface area contributed by atoms with Gasteiger partial charge in [0.15, 0.2) is 0 Å². The molecule has 1 aromatic rings. The first-order valence-electron chi connectivity index (χ1n) is 3.73. The third kappa shape index (κ3) is 2.99. The number of halogens is 2.